The van der Waals surface area contributed by atoms with Crippen LogP contribution in [0.3, 0.4) is 0 Å². The van der Waals surface area contributed by atoms with Gasteiger partial charge in [-0.25, -0.2) is 4.79 Å². The lowest BCUT2D eigenvalue weighted by Gasteiger charge is -2.26. The molecule has 2 amide bonds. The number of hydrogen-bond acceptors (Lipinski definition) is 2. The second-order valence-electron chi connectivity index (χ2n) is 6.15. The Morgan fingerprint density at radius 3 is 2.82 bits per heavy atom. The van der Waals surface area contributed by atoms with E-state index in [0.717, 1.165) is 35.7 Å². The van der Waals surface area contributed by atoms with E-state index in [9.17, 15) is 4.79 Å². The quantitative estimate of drug-likeness (QED) is 0.812. The Morgan fingerprint density at radius 1 is 1.14 bits per heavy atom. The molecule has 2 unspecified atom stereocenters. The summed E-state index contributed by atoms with van der Waals surface area (Å²) in [5.41, 5.74) is 6.83. The van der Waals surface area contributed by atoms with Gasteiger partial charge in [-0.15, -0.1) is 0 Å². The standard InChI is InChI=1S/C18H23N3O/c19-15-8-3-5-13(11-15)12-20-18(22)21-17-10-4-7-14-6-1-2-9-16(14)17/h1-2,4,6-7,9-10,13,15H,3,5,8,11-12,19H2,(H2,20,21,22). The van der Waals surface area contributed by atoms with E-state index in [1.54, 1.807) is 0 Å². The smallest absolute Gasteiger partial charge is 0.319 e. The third-order valence-electron chi connectivity index (χ3n) is 4.41. The van der Waals surface area contributed by atoms with Crippen molar-refractivity contribution in [2.75, 3.05) is 11.9 Å². The zero-order valence-corrected chi connectivity index (χ0v) is 12.7. The lowest BCUT2D eigenvalue weighted by molar-refractivity contribution is 0.245. The number of benzene rings is 2. The van der Waals surface area contributed by atoms with Crippen molar-refractivity contribution in [1.82, 2.24) is 5.32 Å². The second kappa shape index (κ2) is 6.79. The van der Waals surface area contributed by atoms with Gasteiger partial charge in [0.1, 0.15) is 0 Å². The largest absolute Gasteiger partial charge is 0.338 e. The summed E-state index contributed by atoms with van der Waals surface area (Å²) in [6, 6.07) is 14.1. The van der Waals surface area contributed by atoms with Crippen LogP contribution in [0.5, 0.6) is 0 Å². The summed E-state index contributed by atoms with van der Waals surface area (Å²) in [5.74, 6) is 0.502. The van der Waals surface area contributed by atoms with E-state index in [0.29, 0.717) is 18.5 Å². The number of nitrogens with one attached hydrogen (secondary N) is 2. The van der Waals surface area contributed by atoms with Gasteiger partial charge in [0.25, 0.3) is 0 Å². The molecule has 1 aliphatic carbocycles. The third kappa shape index (κ3) is 3.57. The van der Waals surface area contributed by atoms with E-state index in [-0.39, 0.29) is 6.03 Å². The molecule has 0 bridgehead atoms. The number of hydrogen-bond donors (Lipinski definition) is 3. The van der Waals surface area contributed by atoms with Gasteiger partial charge in [-0.1, -0.05) is 42.8 Å². The lowest BCUT2D eigenvalue weighted by Crippen LogP contribution is -2.37. The van der Waals surface area contributed by atoms with Gasteiger partial charge in [0.05, 0.1) is 5.69 Å². The van der Waals surface area contributed by atoms with Crippen LogP contribution in [0.15, 0.2) is 42.5 Å². The molecule has 0 aliphatic heterocycles. The average molecular weight is 297 g/mol. The Bertz CT molecular complexity index is 650. The Hall–Kier alpha value is -2.07. The maximum absolute atomic E-state index is 12.1. The molecule has 4 N–H and O–H groups in total. The molecule has 4 nitrogen and oxygen atoms in total. The SMILES string of the molecule is NC1CCCC(CNC(=O)Nc2cccc3ccccc23)C1. The van der Waals surface area contributed by atoms with Crippen LogP contribution in [0.2, 0.25) is 0 Å². The maximum atomic E-state index is 12.1. The van der Waals surface area contributed by atoms with Crippen molar-refractivity contribution in [3.8, 4) is 0 Å². The number of carbonyl (C=O) groups is 1. The monoisotopic (exact) mass is 297 g/mol. The van der Waals surface area contributed by atoms with E-state index < -0.39 is 0 Å². The highest BCUT2D eigenvalue weighted by atomic mass is 16.2. The summed E-state index contributed by atoms with van der Waals surface area (Å²) >= 11 is 0. The van der Waals surface area contributed by atoms with Crippen molar-refractivity contribution in [2.45, 2.75) is 31.7 Å². The highest BCUT2D eigenvalue weighted by molar-refractivity contribution is 6.01. The van der Waals surface area contributed by atoms with Crippen LogP contribution in [0, 0.1) is 5.92 Å². The van der Waals surface area contributed by atoms with Crippen molar-refractivity contribution in [1.29, 1.82) is 0 Å². The first-order valence-corrected chi connectivity index (χ1v) is 8.00. The van der Waals surface area contributed by atoms with Crippen LogP contribution in [0.1, 0.15) is 25.7 Å². The van der Waals surface area contributed by atoms with Gasteiger partial charge in [0, 0.05) is 18.0 Å². The minimum atomic E-state index is -0.143. The van der Waals surface area contributed by atoms with Gasteiger partial charge < -0.3 is 16.4 Å². The zero-order chi connectivity index (χ0) is 15.4. The number of carbonyl (C=O) groups excluding carboxylic acids is 1. The van der Waals surface area contributed by atoms with Crippen molar-refractivity contribution in [3.63, 3.8) is 0 Å². The van der Waals surface area contributed by atoms with Gasteiger partial charge >= 0.3 is 6.03 Å². The fourth-order valence-corrected chi connectivity index (χ4v) is 3.26. The fourth-order valence-electron chi connectivity index (χ4n) is 3.26. The molecule has 22 heavy (non-hydrogen) atoms. The van der Waals surface area contributed by atoms with E-state index in [1.165, 1.54) is 6.42 Å². The summed E-state index contributed by atoms with van der Waals surface area (Å²) in [5, 5.41) is 8.11. The summed E-state index contributed by atoms with van der Waals surface area (Å²) in [6.07, 6.45) is 4.44. The average Bonchev–Trinajstić information content (AvgIpc) is 2.53. The molecule has 0 heterocycles. The van der Waals surface area contributed by atoms with E-state index >= 15 is 0 Å². The van der Waals surface area contributed by atoms with Crippen LogP contribution in [0.4, 0.5) is 10.5 Å². The number of amides is 2. The molecular weight excluding hydrogens is 274 g/mol. The molecular formula is C18H23N3O. The van der Waals surface area contributed by atoms with Crippen LogP contribution in [0.25, 0.3) is 10.8 Å². The summed E-state index contributed by atoms with van der Waals surface area (Å²) in [4.78, 5) is 12.1. The van der Waals surface area contributed by atoms with Gasteiger partial charge in [-0.2, -0.15) is 0 Å². The predicted octanol–water partition coefficient (Wildman–Crippen LogP) is 3.48. The molecule has 2 aromatic carbocycles. The molecule has 0 aromatic heterocycles. The van der Waals surface area contributed by atoms with Crippen molar-refractivity contribution in [2.24, 2.45) is 11.7 Å². The first-order chi connectivity index (χ1) is 10.7. The molecule has 3 rings (SSSR count). The Morgan fingerprint density at radius 2 is 1.95 bits per heavy atom. The molecule has 116 valence electrons. The zero-order valence-electron chi connectivity index (χ0n) is 12.7. The van der Waals surface area contributed by atoms with Crippen LogP contribution >= 0.6 is 0 Å². The molecule has 4 heteroatoms. The van der Waals surface area contributed by atoms with Gasteiger partial charge in [-0.3, -0.25) is 0 Å². The minimum absolute atomic E-state index is 0.143. The Balaban J connectivity index is 1.59. The third-order valence-corrected chi connectivity index (χ3v) is 4.41. The second-order valence-corrected chi connectivity index (χ2v) is 6.15. The summed E-state index contributed by atoms with van der Waals surface area (Å²) in [6.45, 7) is 0.699. The number of urea groups is 1. The molecule has 0 spiro atoms. The van der Waals surface area contributed by atoms with Crippen molar-refractivity contribution in [3.05, 3.63) is 42.5 Å². The first kappa shape index (κ1) is 14.9. The van der Waals surface area contributed by atoms with Crippen LogP contribution in [-0.2, 0) is 0 Å². The summed E-state index contributed by atoms with van der Waals surface area (Å²) < 4.78 is 0. The maximum Gasteiger partial charge on any atom is 0.319 e. The highest BCUT2D eigenvalue weighted by Gasteiger charge is 2.19. The molecule has 0 radical (unpaired) electrons. The van der Waals surface area contributed by atoms with Gasteiger partial charge in [0.15, 0.2) is 0 Å². The normalized spacial score (nSPS) is 21.5. The number of fused-ring (bicyclic) bond motifs is 1. The minimum Gasteiger partial charge on any atom is -0.338 e. The Kier molecular flexibility index (Phi) is 4.59. The van der Waals surface area contributed by atoms with Crippen LogP contribution < -0.4 is 16.4 Å². The Labute approximate surface area is 131 Å². The molecule has 0 saturated heterocycles. The van der Waals surface area contributed by atoms with E-state index in [4.69, 9.17) is 5.73 Å². The summed E-state index contributed by atoms with van der Waals surface area (Å²) in [7, 11) is 0. The molecule has 1 aliphatic rings. The number of nitrogens with two attached hydrogens (primary N) is 1. The van der Waals surface area contributed by atoms with Crippen molar-refractivity contribution < 1.29 is 4.79 Å². The number of anilines is 1. The predicted molar refractivity (Wildman–Crippen MR) is 90.9 cm³/mol. The molecule has 2 aromatic rings. The van der Waals surface area contributed by atoms with Gasteiger partial charge in [-0.05, 0) is 36.6 Å². The van der Waals surface area contributed by atoms with Crippen LogP contribution in [-0.4, -0.2) is 18.6 Å². The van der Waals surface area contributed by atoms with E-state index in [1.807, 2.05) is 42.5 Å². The highest BCUT2D eigenvalue weighted by Crippen LogP contribution is 2.24. The lowest BCUT2D eigenvalue weighted by atomic mass is 9.86. The molecule has 1 saturated carbocycles. The fraction of sp³-hybridized carbons (Fsp3) is 0.389. The van der Waals surface area contributed by atoms with Gasteiger partial charge in [0.2, 0.25) is 0 Å². The molecule has 2 atom stereocenters. The first-order valence-electron chi connectivity index (χ1n) is 8.00. The topological polar surface area (TPSA) is 67.1 Å². The molecule has 1 fully saturated rings. The number of rotatable bonds is 3. The van der Waals surface area contributed by atoms with E-state index in [2.05, 4.69) is 10.6 Å². The van der Waals surface area contributed by atoms with Crippen molar-refractivity contribution >= 4 is 22.5 Å².